The molecule has 9 heteroatoms. The van der Waals surface area contributed by atoms with Crippen LogP contribution in [0.3, 0.4) is 0 Å². The number of hydrogen-bond acceptors (Lipinski definition) is 6. The molecule has 35 heavy (non-hydrogen) atoms. The predicted molar refractivity (Wildman–Crippen MR) is 136 cm³/mol. The van der Waals surface area contributed by atoms with Gasteiger partial charge in [0, 0.05) is 17.8 Å². The summed E-state index contributed by atoms with van der Waals surface area (Å²) in [7, 11) is 1.50. The number of halogens is 1. The summed E-state index contributed by atoms with van der Waals surface area (Å²) in [6, 6.07) is 16.8. The maximum absolute atomic E-state index is 12.6. The summed E-state index contributed by atoms with van der Waals surface area (Å²) in [6.07, 6.45) is 1.40. The van der Waals surface area contributed by atoms with Gasteiger partial charge in [0.25, 0.3) is 11.6 Å². The van der Waals surface area contributed by atoms with Gasteiger partial charge in [0.2, 0.25) is 0 Å². The van der Waals surface area contributed by atoms with Crippen LogP contribution in [0.25, 0.3) is 6.08 Å². The summed E-state index contributed by atoms with van der Waals surface area (Å²) < 4.78 is 12.1. The largest absolute Gasteiger partial charge is 0.493 e. The molecule has 1 N–H and O–H groups in total. The standard InChI is InChI=1S/C26H22BrN3O5/c1-16-7-8-18(9-17(16)2)15-35-25-23(27)11-19(12-24(25)34-3)10-20(14-28)26(31)29-21-5-4-6-22(13-21)30(32)33/h4-13H,15H2,1-3H3,(H,29,31)/b20-10+. The van der Waals surface area contributed by atoms with Crippen LogP contribution in [0.4, 0.5) is 11.4 Å². The molecule has 0 spiro atoms. The zero-order valence-corrected chi connectivity index (χ0v) is 20.9. The van der Waals surface area contributed by atoms with Crippen molar-refractivity contribution < 1.29 is 19.2 Å². The van der Waals surface area contributed by atoms with Crippen LogP contribution in [0, 0.1) is 35.3 Å². The molecule has 3 aromatic carbocycles. The number of methoxy groups -OCH3 is 1. The van der Waals surface area contributed by atoms with E-state index in [1.165, 1.54) is 48.6 Å². The highest BCUT2D eigenvalue weighted by Crippen LogP contribution is 2.38. The molecule has 0 saturated carbocycles. The molecule has 3 aromatic rings. The van der Waals surface area contributed by atoms with Crippen molar-refractivity contribution in [3.63, 3.8) is 0 Å². The van der Waals surface area contributed by atoms with Crippen LogP contribution in [0.15, 0.2) is 64.6 Å². The molecule has 0 heterocycles. The van der Waals surface area contributed by atoms with Crippen LogP contribution in [-0.4, -0.2) is 17.9 Å². The molecule has 1 amide bonds. The Balaban J connectivity index is 1.82. The average molecular weight is 536 g/mol. The topological polar surface area (TPSA) is 114 Å². The van der Waals surface area contributed by atoms with Crippen molar-refractivity contribution in [3.05, 3.63) is 97.0 Å². The highest BCUT2D eigenvalue weighted by Gasteiger charge is 2.15. The van der Waals surface area contributed by atoms with Gasteiger partial charge in [-0.1, -0.05) is 24.3 Å². The summed E-state index contributed by atoms with van der Waals surface area (Å²) in [5.74, 6) is 0.214. The van der Waals surface area contributed by atoms with Crippen molar-refractivity contribution >= 4 is 39.3 Å². The number of non-ortho nitro benzene ring substituents is 1. The average Bonchev–Trinajstić information content (AvgIpc) is 2.83. The van der Waals surface area contributed by atoms with Crippen LogP contribution in [0.5, 0.6) is 11.5 Å². The van der Waals surface area contributed by atoms with E-state index in [4.69, 9.17) is 9.47 Å². The van der Waals surface area contributed by atoms with E-state index >= 15 is 0 Å². The number of carbonyl (C=O) groups is 1. The summed E-state index contributed by atoms with van der Waals surface area (Å²) in [5.41, 5.74) is 3.76. The number of nitrogens with zero attached hydrogens (tertiary/aromatic N) is 2. The van der Waals surface area contributed by atoms with Gasteiger partial charge in [0.1, 0.15) is 18.2 Å². The minimum absolute atomic E-state index is 0.171. The van der Waals surface area contributed by atoms with Gasteiger partial charge in [-0.05, 0) is 76.3 Å². The monoisotopic (exact) mass is 535 g/mol. The molecule has 0 aromatic heterocycles. The van der Waals surface area contributed by atoms with E-state index in [9.17, 15) is 20.2 Å². The van der Waals surface area contributed by atoms with Crippen molar-refractivity contribution in [1.29, 1.82) is 5.26 Å². The minimum atomic E-state index is -0.696. The van der Waals surface area contributed by atoms with E-state index in [1.54, 1.807) is 12.1 Å². The van der Waals surface area contributed by atoms with Crippen molar-refractivity contribution in [2.75, 3.05) is 12.4 Å². The normalized spacial score (nSPS) is 10.9. The molecule has 0 aliphatic heterocycles. The predicted octanol–water partition coefficient (Wildman–Crippen LogP) is 6.11. The van der Waals surface area contributed by atoms with E-state index in [1.807, 2.05) is 32.0 Å². The Morgan fingerprint density at radius 2 is 1.94 bits per heavy atom. The first-order chi connectivity index (χ1) is 16.7. The number of hydrogen-bond donors (Lipinski definition) is 1. The molecular weight excluding hydrogens is 514 g/mol. The lowest BCUT2D eigenvalue weighted by Crippen LogP contribution is -2.13. The molecule has 0 aliphatic carbocycles. The summed E-state index contributed by atoms with van der Waals surface area (Å²) in [6.45, 7) is 4.42. The number of rotatable bonds is 8. The lowest BCUT2D eigenvalue weighted by molar-refractivity contribution is -0.384. The molecule has 8 nitrogen and oxygen atoms in total. The fraction of sp³-hybridized carbons (Fsp3) is 0.154. The highest BCUT2D eigenvalue weighted by atomic mass is 79.9. The lowest BCUT2D eigenvalue weighted by atomic mass is 10.1. The van der Waals surface area contributed by atoms with Crippen molar-refractivity contribution in [2.24, 2.45) is 0 Å². The zero-order chi connectivity index (χ0) is 25.5. The SMILES string of the molecule is COc1cc(/C=C(\C#N)C(=O)Nc2cccc([N+](=O)[O-])c2)cc(Br)c1OCc1ccc(C)c(C)c1. The second-order valence-electron chi connectivity index (χ2n) is 7.67. The van der Waals surface area contributed by atoms with Crippen LogP contribution >= 0.6 is 15.9 Å². The highest BCUT2D eigenvalue weighted by molar-refractivity contribution is 9.10. The third-order valence-electron chi connectivity index (χ3n) is 5.20. The van der Waals surface area contributed by atoms with E-state index in [2.05, 4.69) is 27.3 Å². The molecule has 3 rings (SSSR count). The molecule has 0 unspecified atom stereocenters. The molecule has 0 radical (unpaired) electrons. The summed E-state index contributed by atoms with van der Waals surface area (Å²) in [4.78, 5) is 23.0. The van der Waals surface area contributed by atoms with Gasteiger partial charge in [-0.2, -0.15) is 5.26 Å². The number of carbonyl (C=O) groups excluding carboxylic acids is 1. The van der Waals surface area contributed by atoms with Crippen molar-refractivity contribution in [3.8, 4) is 17.6 Å². The summed E-state index contributed by atoms with van der Waals surface area (Å²) >= 11 is 3.48. The molecule has 0 saturated heterocycles. The van der Waals surface area contributed by atoms with Crippen molar-refractivity contribution in [1.82, 2.24) is 0 Å². The Morgan fingerprint density at radius 1 is 1.17 bits per heavy atom. The number of benzene rings is 3. The van der Waals surface area contributed by atoms with Gasteiger partial charge in [-0.15, -0.1) is 0 Å². The minimum Gasteiger partial charge on any atom is -0.493 e. The maximum Gasteiger partial charge on any atom is 0.271 e. The number of amides is 1. The number of anilines is 1. The van der Waals surface area contributed by atoms with Gasteiger partial charge in [-0.3, -0.25) is 14.9 Å². The van der Waals surface area contributed by atoms with E-state index in [0.29, 0.717) is 28.1 Å². The third-order valence-corrected chi connectivity index (χ3v) is 5.79. The third kappa shape index (κ3) is 6.46. The number of nitro groups is 1. The van der Waals surface area contributed by atoms with Crippen molar-refractivity contribution in [2.45, 2.75) is 20.5 Å². The maximum atomic E-state index is 12.6. The molecule has 0 atom stereocenters. The number of nitrogens with one attached hydrogen (secondary N) is 1. The van der Waals surface area contributed by atoms with Crippen LogP contribution < -0.4 is 14.8 Å². The van der Waals surface area contributed by atoms with E-state index < -0.39 is 10.8 Å². The molecule has 0 bridgehead atoms. The van der Waals surface area contributed by atoms with Gasteiger partial charge in [0.15, 0.2) is 11.5 Å². The molecule has 0 fully saturated rings. The van der Waals surface area contributed by atoms with Crippen LogP contribution in [0.1, 0.15) is 22.3 Å². The number of nitriles is 1. The Kier molecular flexibility index (Phi) is 8.23. The summed E-state index contributed by atoms with van der Waals surface area (Å²) in [5, 5.41) is 23.0. The molecular formula is C26H22BrN3O5. The fourth-order valence-electron chi connectivity index (χ4n) is 3.22. The number of ether oxygens (including phenoxy) is 2. The Morgan fingerprint density at radius 3 is 2.60 bits per heavy atom. The van der Waals surface area contributed by atoms with Gasteiger partial charge in [0.05, 0.1) is 16.5 Å². The Labute approximate surface area is 211 Å². The Bertz CT molecular complexity index is 1360. The first-order valence-corrected chi connectivity index (χ1v) is 11.2. The zero-order valence-electron chi connectivity index (χ0n) is 19.3. The van der Waals surface area contributed by atoms with Gasteiger partial charge >= 0.3 is 0 Å². The lowest BCUT2D eigenvalue weighted by Gasteiger charge is -2.14. The molecule has 0 aliphatic rings. The Hall–Kier alpha value is -4.16. The van der Waals surface area contributed by atoms with Crippen LogP contribution in [0.2, 0.25) is 0 Å². The number of aryl methyl sites for hydroxylation is 2. The number of nitro benzene ring substituents is 1. The van der Waals surface area contributed by atoms with E-state index in [-0.39, 0.29) is 16.9 Å². The van der Waals surface area contributed by atoms with Gasteiger partial charge < -0.3 is 14.8 Å². The second-order valence-corrected chi connectivity index (χ2v) is 8.53. The quantitative estimate of drug-likeness (QED) is 0.161. The first-order valence-electron chi connectivity index (χ1n) is 10.5. The van der Waals surface area contributed by atoms with Crippen LogP contribution in [-0.2, 0) is 11.4 Å². The molecule has 178 valence electrons. The van der Waals surface area contributed by atoms with E-state index in [0.717, 1.165) is 5.56 Å². The smallest absolute Gasteiger partial charge is 0.271 e. The fourth-order valence-corrected chi connectivity index (χ4v) is 3.80. The first kappa shape index (κ1) is 25.5. The second kappa shape index (κ2) is 11.3. The van der Waals surface area contributed by atoms with Gasteiger partial charge in [-0.25, -0.2) is 0 Å².